The minimum atomic E-state index is -2.84. The lowest BCUT2D eigenvalue weighted by atomic mass is 9.92. The van der Waals surface area contributed by atoms with Gasteiger partial charge in [0.25, 0.3) is 5.91 Å². The van der Waals surface area contributed by atoms with Gasteiger partial charge in [-0.1, -0.05) is 102 Å². The molecule has 1 aromatic carbocycles. The second kappa shape index (κ2) is 26.3. The van der Waals surface area contributed by atoms with Crippen LogP contribution in [0.2, 0.25) is 16.6 Å². The molecule has 18 heteroatoms. The fraction of sp³-hybridized carbons (Fsp3) is 0.755. The Hall–Kier alpha value is -4.71. The Balaban J connectivity index is 2.37. The van der Waals surface area contributed by atoms with Gasteiger partial charge < -0.3 is 49.1 Å². The lowest BCUT2D eigenvalue weighted by Gasteiger charge is -2.47. The lowest BCUT2D eigenvalue weighted by Crippen LogP contribution is -2.61. The summed E-state index contributed by atoms with van der Waals surface area (Å²) in [4.78, 5) is 105. The number of likely N-dealkylation sites (N-methyl/N-ethyl adjacent to an activating group) is 1. The maximum atomic E-state index is 15.1. The molecule has 2 saturated heterocycles. The van der Waals surface area contributed by atoms with Crippen molar-refractivity contribution in [3.8, 4) is 5.75 Å². The van der Waals surface area contributed by atoms with Gasteiger partial charge in [0, 0.05) is 20.0 Å². The SMILES string of the molecule is CC[C@H](C)[C@H]1NC(=O)[C@@H](NC(=O)OC(C)(C)C)[C@@H](C)OC(=O)C(Cc2ccc(OC)cc2)N(C)C(=O)[C@@H]2CCCN2C(=O)[C@H](CC(C)C)NC(=O)C(C(C)C)OC(=O)CC1O[Si](C(C)C)(C(C)C)C(C)C. The highest BCUT2D eigenvalue weighted by Gasteiger charge is 2.50. The third kappa shape index (κ3) is 16.1. The fourth-order valence-corrected chi connectivity index (χ4v) is 15.8. The summed E-state index contributed by atoms with van der Waals surface area (Å²) in [5.41, 5.74) is -0.116. The molecular weight excluding hydrogens is 927 g/mol. The van der Waals surface area contributed by atoms with Crippen molar-refractivity contribution in [1.82, 2.24) is 25.8 Å². The Labute approximate surface area is 425 Å². The van der Waals surface area contributed by atoms with Gasteiger partial charge in [0.2, 0.25) is 26.0 Å². The number of fused-ring (bicyclic) bond motifs is 1. The molecule has 0 radical (unpaired) electrons. The maximum absolute atomic E-state index is 15.1. The number of nitrogens with zero attached hydrogens (tertiary/aromatic N) is 2. The number of hydrogen-bond donors (Lipinski definition) is 3. The predicted molar refractivity (Wildman–Crippen MR) is 275 cm³/mol. The summed E-state index contributed by atoms with van der Waals surface area (Å²) in [6, 6.07) is 1.23. The first kappa shape index (κ1) is 60.6. The van der Waals surface area contributed by atoms with E-state index < -0.39 is 110 Å². The Morgan fingerprint density at radius 1 is 0.859 bits per heavy atom. The first-order valence-electron chi connectivity index (χ1n) is 25.9. The number of esters is 2. The summed E-state index contributed by atoms with van der Waals surface area (Å²) in [5, 5.41) is 8.70. The summed E-state index contributed by atoms with van der Waals surface area (Å²) in [5.74, 6) is -4.35. The van der Waals surface area contributed by atoms with Crippen LogP contribution in [0, 0.1) is 17.8 Å². The van der Waals surface area contributed by atoms with Gasteiger partial charge in [0.1, 0.15) is 41.6 Å². The first-order chi connectivity index (χ1) is 33.0. The Kier molecular flexibility index (Phi) is 22.4. The van der Waals surface area contributed by atoms with Crippen LogP contribution in [0.15, 0.2) is 24.3 Å². The maximum Gasteiger partial charge on any atom is 0.408 e. The number of ether oxygens (including phenoxy) is 4. The zero-order valence-corrected chi connectivity index (χ0v) is 47.1. The van der Waals surface area contributed by atoms with Crippen LogP contribution >= 0.6 is 0 Å². The zero-order valence-electron chi connectivity index (χ0n) is 46.1. The van der Waals surface area contributed by atoms with Gasteiger partial charge in [0.05, 0.1) is 25.7 Å². The predicted octanol–water partition coefficient (Wildman–Crippen LogP) is 7.47. The fourth-order valence-electron chi connectivity index (χ4n) is 10.2. The van der Waals surface area contributed by atoms with E-state index in [4.69, 9.17) is 23.4 Å². The zero-order chi connectivity index (χ0) is 53.9. The van der Waals surface area contributed by atoms with Crippen LogP contribution in [0.4, 0.5) is 4.79 Å². The van der Waals surface area contributed by atoms with Gasteiger partial charge in [-0.3, -0.25) is 24.0 Å². The van der Waals surface area contributed by atoms with Crippen LogP contribution in [0.1, 0.15) is 148 Å². The molecule has 2 aliphatic rings. The number of methoxy groups -OCH3 is 1. The van der Waals surface area contributed by atoms with Crippen molar-refractivity contribution in [2.75, 3.05) is 20.7 Å². The third-order valence-corrected chi connectivity index (χ3v) is 20.2. The van der Waals surface area contributed by atoms with Gasteiger partial charge in [0.15, 0.2) is 6.10 Å². The van der Waals surface area contributed by atoms with E-state index in [0.29, 0.717) is 30.6 Å². The van der Waals surface area contributed by atoms with E-state index in [2.05, 4.69) is 57.5 Å². The van der Waals surface area contributed by atoms with Crippen LogP contribution in [0.3, 0.4) is 0 Å². The van der Waals surface area contributed by atoms with Gasteiger partial charge in [-0.25, -0.2) is 9.59 Å². The Bertz CT molecular complexity index is 1950. The first-order valence-corrected chi connectivity index (χ1v) is 28.0. The van der Waals surface area contributed by atoms with Gasteiger partial charge in [-0.05, 0) is 99.0 Å². The number of amides is 5. The standard InChI is InChI=1S/C53H89N5O12Si/c1-19-35(12)44-42(70-71(32(6)7,33(8)9)34(10)11)29-43(59)68-46(31(4)5)48(61)54-39(27-30(2)3)49(62)58-26-20-21-40(58)50(63)57(17)41(28-37-22-24-38(66-18)25-23-37)51(64)67-36(13)45(47(60)55-44)56-52(65)69-53(14,15)16/h22-25,30-36,39-42,44-46H,19-21,26-29H2,1-18H3,(H,54,61)(H,55,60)(H,56,65)/t35-,36+,39-,40-,41?,42?,44+,45-,46?/m0/s1. The van der Waals surface area contributed by atoms with Crippen molar-refractivity contribution in [1.29, 1.82) is 0 Å². The number of rotatable bonds is 14. The van der Waals surface area contributed by atoms with E-state index >= 15 is 4.79 Å². The van der Waals surface area contributed by atoms with Gasteiger partial charge in [-0.2, -0.15) is 0 Å². The smallest absolute Gasteiger partial charge is 0.408 e. The van der Waals surface area contributed by atoms with E-state index in [1.54, 1.807) is 58.9 Å². The number of cyclic esters (lactones) is 2. The second-order valence-corrected chi connectivity index (χ2v) is 27.8. The van der Waals surface area contributed by atoms with Crippen molar-refractivity contribution in [3.05, 3.63) is 29.8 Å². The summed E-state index contributed by atoms with van der Waals surface area (Å²) < 4.78 is 30.7. The number of nitrogens with one attached hydrogen (secondary N) is 3. The number of carbonyl (C=O) groups excluding carboxylic acids is 7. The number of hydrogen-bond acceptors (Lipinski definition) is 12. The van der Waals surface area contributed by atoms with Crippen LogP contribution in [-0.4, -0.2) is 135 Å². The van der Waals surface area contributed by atoms with Gasteiger partial charge in [-0.15, -0.1) is 0 Å². The summed E-state index contributed by atoms with van der Waals surface area (Å²) in [6.07, 6.45) is -3.43. The molecule has 2 heterocycles. The van der Waals surface area contributed by atoms with Gasteiger partial charge >= 0.3 is 18.0 Å². The number of benzene rings is 1. The number of carbonyl (C=O) groups is 7. The molecule has 2 aliphatic heterocycles. The number of alkyl carbamates (subject to hydrolysis) is 1. The van der Waals surface area contributed by atoms with Crippen LogP contribution in [0.5, 0.6) is 5.75 Å². The molecule has 3 unspecified atom stereocenters. The van der Waals surface area contributed by atoms with E-state index in [-0.39, 0.29) is 54.3 Å². The minimum absolute atomic E-state index is 0.0201. The summed E-state index contributed by atoms with van der Waals surface area (Å²) >= 11 is 0. The van der Waals surface area contributed by atoms with Crippen LogP contribution in [-0.2, 0) is 53.8 Å². The largest absolute Gasteiger partial charge is 0.497 e. The lowest BCUT2D eigenvalue weighted by molar-refractivity contribution is -0.162. The highest BCUT2D eigenvalue weighted by atomic mass is 28.4. The molecule has 0 aliphatic carbocycles. The van der Waals surface area contributed by atoms with Crippen LogP contribution < -0.4 is 20.7 Å². The highest BCUT2D eigenvalue weighted by Crippen LogP contribution is 2.44. The van der Waals surface area contributed by atoms with E-state index in [1.165, 1.54) is 30.9 Å². The third-order valence-electron chi connectivity index (χ3n) is 14.1. The molecular formula is C53H89N5O12Si. The highest BCUT2D eigenvalue weighted by molar-refractivity contribution is 6.77. The molecule has 2 fully saturated rings. The molecule has 0 saturated carbocycles. The molecule has 402 valence electrons. The molecule has 3 rings (SSSR count). The quantitative estimate of drug-likeness (QED) is 0.0942. The molecule has 1 aromatic rings. The Morgan fingerprint density at radius 2 is 1.45 bits per heavy atom. The summed E-state index contributed by atoms with van der Waals surface area (Å²) in [6.45, 7) is 30.6. The van der Waals surface area contributed by atoms with Crippen molar-refractivity contribution in [3.63, 3.8) is 0 Å². The molecule has 0 bridgehead atoms. The molecule has 71 heavy (non-hydrogen) atoms. The minimum Gasteiger partial charge on any atom is -0.497 e. The second-order valence-electron chi connectivity index (χ2n) is 22.4. The van der Waals surface area contributed by atoms with Crippen molar-refractivity contribution in [2.24, 2.45) is 17.8 Å². The van der Waals surface area contributed by atoms with Crippen molar-refractivity contribution in [2.45, 2.75) is 220 Å². The monoisotopic (exact) mass is 1020 g/mol. The topological polar surface area (TPSA) is 208 Å². The average Bonchev–Trinajstić information content (AvgIpc) is 3.77. The van der Waals surface area contributed by atoms with Crippen molar-refractivity contribution >= 4 is 50.0 Å². The van der Waals surface area contributed by atoms with Crippen LogP contribution in [0.25, 0.3) is 0 Å². The molecule has 5 amide bonds. The molecule has 3 N–H and O–H groups in total. The molecule has 9 atom stereocenters. The molecule has 17 nitrogen and oxygen atoms in total. The summed E-state index contributed by atoms with van der Waals surface area (Å²) in [7, 11) is 0.167. The van der Waals surface area contributed by atoms with E-state index in [9.17, 15) is 28.8 Å². The van der Waals surface area contributed by atoms with Crippen molar-refractivity contribution < 1.29 is 56.9 Å². The normalized spacial score (nSPS) is 25.7. The molecule has 0 aromatic heterocycles. The molecule has 0 spiro atoms. The van der Waals surface area contributed by atoms with E-state index in [0.717, 1.165) is 0 Å². The Morgan fingerprint density at radius 3 is 1.96 bits per heavy atom. The average molecular weight is 1020 g/mol. The van der Waals surface area contributed by atoms with E-state index in [1.807, 2.05) is 27.7 Å².